The quantitative estimate of drug-likeness (QED) is 0.445. The van der Waals surface area contributed by atoms with Crippen LogP contribution in [0.4, 0.5) is 16.5 Å². The van der Waals surface area contributed by atoms with Crippen molar-refractivity contribution in [2.75, 3.05) is 31.7 Å². The monoisotopic (exact) mass is 399 g/mol. The molecule has 9 nitrogen and oxygen atoms in total. The van der Waals surface area contributed by atoms with Crippen molar-refractivity contribution in [3.63, 3.8) is 0 Å². The molecule has 0 aliphatic carbocycles. The predicted octanol–water partition coefficient (Wildman–Crippen LogP) is 3.39. The molecule has 0 radical (unpaired) electrons. The van der Waals surface area contributed by atoms with Crippen LogP contribution in [0, 0.1) is 6.92 Å². The van der Waals surface area contributed by atoms with E-state index in [4.69, 9.17) is 4.18 Å². The van der Waals surface area contributed by atoms with Gasteiger partial charge in [0, 0.05) is 18.8 Å². The van der Waals surface area contributed by atoms with E-state index in [0.717, 1.165) is 30.6 Å². The minimum Gasteiger partial charge on any atom is -0.372 e. The molecule has 0 saturated heterocycles. The summed E-state index contributed by atoms with van der Waals surface area (Å²) < 4.78 is 31.2. The highest BCUT2D eigenvalue weighted by atomic mass is 32.3. The smallest absolute Gasteiger partial charge is 0.372 e. The Morgan fingerprint density at radius 1 is 1.31 bits per heavy atom. The molecule has 142 valence electrons. The van der Waals surface area contributed by atoms with Gasteiger partial charge < -0.3 is 4.90 Å². The van der Waals surface area contributed by atoms with Crippen molar-refractivity contribution in [3.05, 3.63) is 29.3 Å². The van der Waals surface area contributed by atoms with E-state index >= 15 is 0 Å². The lowest BCUT2D eigenvalue weighted by atomic mass is 10.1. The summed E-state index contributed by atoms with van der Waals surface area (Å²) in [6.07, 6.45) is 0.550. The number of anilines is 1. The summed E-state index contributed by atoms with van der Waals surface area (Å²) in [4.78, 5) is 2.13. The van der Waals surface area contributed by atoms with Crippen LogP contribution in [0.25, 0.3) is 0 Å². The third-order valence-electron chi connectivity index (χ3n) is 3.52. The Morgan fingerprint density at radius 2 is 2.12 bits per heavy atom. The molecule has 0 atom stereocenters. The Labute approximate surface area is 157 Å². The lowest BCUT2D eigenvalue weighted by Crippen LogP contribution is -2.25. The van der Waals surface area contributed by atoms with Crippen molar-refractivity contribution in [3.8, 4) is 0 Å². The first-order chi connectivity index (χ1) is 12.4. The average Bonchev–Trinajstić information content (AvgIpc) is 3.14. The van der Waals surface area contributed by atoms with Crippen LogP contribution >= 0.6 is 11.3 Å². The van der Waals surface area contributed by atoms with Crippen LogP contribution in [-0.4, -0.2) is 45.4 Å². The Morgan fingerprint density at radius 3 is 2.73 bits per heavy atom. The molecule has 2 aromatic rings. The summed E-state index contributed by atoms with van der Waals surface area (Å²) in [5, 5.41) is 16.3. The minimum atomic E-state index is -3.88. The number of benzene rings is 1. The van der Waals surface area contributed by atoms with Crippen LogP contribution in [0.15, 0.2) is 33.9 Å². The Balaban J connectivity index is 1.96. The normalized spacial score (nSPS) is 12.0. The molecule has 0 amide bonds. The zero-order valence-electron chi connectivity index (χ0n) is 14.8. The fraction of sp³-hybridized carbons (Fsp3) is 0.467. The number of hydrogen-bond acceptors (Lipinski definition) is 10. The van der Waals surface area contributed by atoms with Crippen molar-refractivity contribution in [2.24, 2.45) is 10.2 Å². The Hall–Kier alpha value is -1.95. The average molecular weight is 399 g/mol. The first-order valence-corrected chi connectivity index (χ1v) is 10.1. The van der Waals surface area contributed by atoms with Gasteiger partial charge in [-0.3, -0.25) is 4.18 Å². The van der Waals surface area contributed by atoms with Gasteiger partial charge in [-0.1, -0.05) is 11.3 Å². The maximum Gasteiger partial charge on any atom is 0.399 e. The summed E-state index contributed by atoms with van der Waals surface area (Å²) in [6, 6.07) is 5.87. The van der Waals surface area contributed by atoms with Gasteiger partial charge in [-0.05, 0) is 44.0 Å². The number of nitrogens with zero attached hydrogens (tertiary/aromatic N) is 5. The molecule has 0 bridgehead atoms. The molecular formula is C15H21N5O4S2. The maximum atomic E-state index is 11.1. The predicted molar refractivity (Wildman–Crippen MR) is 99.6 cm³/mol. The molecule has 1 aromatic heterocycles. The lowest BCUT2D eigenvalue weighted by molar-refractivity contribution is 0.241. The standard InChI is InChI=1S/C15H21N5O4S2/c1-4-20(8-5-9-24-26(21,22)23-3)13-6-7-14(12(2)10-13)17-19-15-18-16-11-25-15/h6-7,10-11H,4-5,8-9H2,1-3H3. The highest BCUT2D eigenvalue weighted by Crippen LogP contribution is 2.27. The number of hydrogen-bond donors (Lipinski definition) is 0. The van der Waals surface area contributed by atoms with Crippen LogP contribution in [0.3, 0.4) is 0 Å². The molecule has 0 spiro atoms. The van der Waals surface area contributed by atoms with E-state index in [1.54, 1.807) is 5.51 Å². The third kappa shape index (κ3) is 6.09. The van der Waals surface area contributed by atoms with Crippen molar-refractivity contribution >= 4 is 38.2 Å². The summed E-state index contributed by atoms with van der Waals surface area (Å²) in [7, 11) is -2.81. The highest BCUT2D eigenvalue weighted by molar-refractivity contribution is 7.81. The SMILES string of the molecule is CCN(CCCOS(=O)(=O)OC)c1ccc(N=Nc2nncs2)c(C)c1. The second-order valence-corrected chi connectivity index (χ2v) is 7.42. The van der Waals surface area contributed by atoms with E-state index < -0.39 is 10.4 Å². The number of aryl methyl sites for hydroxylation is 1. The fourth-order valence-corrected chi connectivity index (χ4v) is 2.98. The molecular weight excluding hydrogens is 378 g/mol. The molecule has 1 aromatic carbocycles. The van der Waals surface area contributed by atoms with Gasteiger partial charge in [-0.25, -0.2) is 4.18 Å². The first kappa shape index (κ1) is 20.4. The van der Waals surface area contributed by atoms with Gasteiger partial charge in [0.05, 0.1) is 19.4 Å². The number of rotatable bonds is 10. The van der Waals surface area contributed by atoms with Crippen LogP contribution in [0.5, 0.6) is 0 Å². The molecule has 0 N–H and O–H groups in total. The maximum absolute atomic E-state index is 11.1. The summed E-state index contributed by atoms with van der Waals surface area (Å²) >= 11 is 1.32. The topological polar surface area (TPSA) is 106 Å². The molecule has 2 rings (SSSR count). The van der Waals surface area contributed by atoms with Gasteiger partial charge in [0.15, 0.2) is 0 Å². The van der Waals surface area contributed by atoms with Crippen molar-refractivity contribution < 1.29 is 16.8 Å². The van der Waals surface area contributed by atoms with Crippen molar-refractivity contribution in [2.45, 2.75) is 20.3 Å². The van der Waals surface area contributed by atoms with E-state index in [2.05, 4.69) is 29.5 Å². The van der Waals surface area contributed by atoms with Crippen LogP contribution in [-0.2, 0) is 18.8 Å². The van der Waals surface area contributed by atoms with Gasteiger partial charge in [0.25, 0.3) is 5.13 Å². The molecule has 0 saturated carbocycles. The number of azo groups is 1. The lowest BCUT2D eigenvalue weighted by Gasteiger charge is -2.23. The largest absolute Gasteiger partial charge is 0.399 e. The van der Waals surface area contributed by atoms with Gasteiger partial charge in [-0.2, -0.15) is 8.42 Å². The summed E-state index contributed by atoms with van der Waals surface area (Å²) in [5.74, 6) is 0. The zero-order valence-corrected chi connectivity index (χ0v) is 16.5. The minimum absolute atomic E-state index is 0.0692. The van der Waals surface area contributed by atoms with Gasteiger partial charge in [0.2, 0.25) is 0 Å². The molecule has 0 aliphatic heterocycles. The van der Waals surface area contributed by atoms with Crippen LogP contribution in [0.2, 0.25) is 0 Å². The Kier molecular flexibility index (Phi) is 7.57. The van der Waals surface area contributed by atoms with Gasteiger partial charge in [-0.15, -0.1) is 20.4 Å². The molecule has 0 aliphatic rings. The first-order valence-electron chi connectivity index (χ1n) is 7.93. The molecule has 26 heavy (non-hydrogen) atoms. The van der Waals surface area contributed by atoms with E-state index in [1.165, 1.54) is 11.3 Å². The zero-order chi connectivity index (χ0) is 19.0. The molecule has 11 heteroatoms. The van der Waals surface area contributed by atoms with E-state index in [9.17, 15) is 8.42 Å². The molecule has 1 heterocycles. The summed E-state index contributed by atoms with van der Waals surface area (Å²) in [5.41, 5.74) is 4.36. The highest BCUT2D eigenvalue weighted by Gasteiger charge is 2.10. The summed E-state index contributed by atoms with van der Waals surface area (Å²) in [6.45, 7) is 5.49. The molecule has 0 fully saturated rings. The van der Waals surface area contributed by atoms with E-state index in [0.29, 0.717) is 18.1 Å². The fourth-order valence-electron chi connectivity index (χ4n) is 2.19. The van der Waals surface area contributed by atoms with Gasteiger partial charge >= 0.3 is 10.4 Å². The third-order valence-corrected chi connectivity index (χ3v) is 4.96. The number of aromatic nitrogens is 2. The van der Waals surface area contributed by atoms with Crippen LogP contribution in [0.1, 0.15) is 18.9 Å². The molecule has 0 unspecified atom stereocenters. The van der Waals surface area contributed by atoms with E-state index in [1.807, 2.05) is 32.0 Å². The van der Waals surface area contributed by atoms with Crippen molar-refractivity contribution in [1.29, 1.82) is 0 Å². The van der Waals surface area contributed by atoms with Gasteiger partial charge in [0.1, 0.15) is 5.51 Å². The second kappa shape index (κ2) is 9.67. The van der Waals surface area contributed by atoms with Crippen LogP contribution < -0.4 is 4.90 Å². The van der Waals surface area contributed by atoms with Crippen molar-refractivity contribution in [1.82, 2.24) is 10.2 Å². The second-order valence-electron chi connectivity index (χ2n) is 5.22. The Bertz CT molecular complexity index is 825. The van der Waals surface area contributed by atoms with E-state index in [-0.39, 0.29) is 6.61 Å².